The molecule has 8 nitrogen and oxygen atoms in total. The van der Waals surface area contributed by atoms with Crippen LogP contribution in [-0.4, -0.2) is 32.7 Å². The molecule has 2 aliphatic carbocycles. The molecule has 4 atom stereocenters. The first kappa shape index (κ1) is 15.3. The summed E-state index contributed by atoms with van der Waals surface area (Å²) in [6.07, 6.45) is 5.97. The average Bonchev–Trinajstić information content (AvgIpc) is 3.19. The van der Waals surface area contributed by atoms with Crippen LogP contribution in [0, 0.1) is 23.7 Å². The molecule has 23 heavy (non-hydrogen) atoms. The van der Waals surface area contributed by atoms with Crippen molar-refractivity contribution in [1.82, 2.24) is 9.78 Å². The fourth-order valence-electron chi connectivity index (χ4n) is 3.59. The van der Waals surface area contributed by atoms with Crippen LogP contribution in [0.4, 0.5) is 5.69 Å². The minimum atomic E-state index is -0.971. The summed E-state index contributed by atoms with van der Waals surface area (Å²) < 4.78 is 1.49. The quantitative estimate of drug-likeness (QED) is 0.680. The highest BCUT2D eigenvalue weighted by Crippen LogP contribution is 2.48. The van der Waals surface area contributed by atoms with Gasteiger partial charge in [0.15, 0.2) is 5.69 Å². The number of hydrogen-bond donors (Lipinski definition) is 3. The monoisotopic (exact) mass is 318 g/mol. The summed E-state index contributed by atoms with van der Waals surface area (Å²) in [7, 11) is 0. The smallest absolute Gasteiger partial charge is 0.307 e. The molecule has 1 saturated carbocycles. The Morgan fingerprint density at radius 3 is 2.57 bits per heavy atom. The molecule has 0 unspecified atom stereocenters. The van der Waals surface area contributed by atoms with Gasteiger partial charge in [-0.15, -0.1) is 0 Å². The Labute approximate surface area is 132 Å². The Kier molecular flexibility index (Phi) is 3.67. The standard InChI is InChI=1S/C15H18N4O4/c1-2-19-6-9(12(18-19)13(16)20)17-14(21)10-7-3-4-8(5-7)11(10)15(22)23/h3-4,6-8,10-11H,2,5H2,1H3,(H2,16,20)(H,17,21)(H,22,23)/t7-,8-,10+,11+/m0/s1. The van der Waals surface area contributed by atoms with Gasteiger partial charge < -0.3 is 16.2 Å². The molecule has 3 rings (SSSR count). The Balaban J connectivity index is 1.85. The number of carbonyl (C=O) groups is 3. The van der Waals surface area contributed by atoms with Gasteiger partial charge in [0.05, 0.1) is 17.5 Å². The van der Waals surface area contributed by atoms with Gasteiger partial charge in [0.2, 0.25) is 5.91 Å². The second-order valence-corrected chi connectivity index (χ2v) is 5.94. The van der Waals surface area contributed by atoms with Gasteiger partial charge >= 0.3 is 5.97 Å². The van der Waals surface area contributed by atoms with E-state index in [1.165, 1.54) is 10.9 Å². The van der Waals surface area contributed by atoms with E-state index in [2.05, 4.69) is 10.4 Å². The second-order valence-electron chi connectivity index (χ2n) is 5.94. The molecule has 2 aliphatic rings. The van der Waals surface area contributed by atoms with Crippen LogP contribution in [0.3, 0.4) is 0 Å². The van der Waals surface area contributed by atoms with Gasteiger partial charge in [-0.05, 0) is 25.2 Å². The fourth-order valence-corrected chi connectivity index (χ4v) is 3.59. The lowest BCUT2D eigenvalue weighted by atomic mass is 9.82. The zero-order valence-electron chi connectivity index (χ0n) is 12.6. The topological polar surface area (TPSA) is 127 Å². The lowest BCUT2D eigenvalue weighted by Crippen LogP contribution is -2.36. The zero-order valence-corrected chi connectivity index (χ0v) is 12.6. The predicted octanol–water partition coefficient (Wildman–Crippen LogP) is 0.463. The van der Waals surface area contributed by atoms with Crippen molar-refractivity contribution >= 4 is 23.5 Å². The maximum atomic E-state index is 12.6. The van der Waals surface area contributed by atoms with Crippen molar-refractivity contribution in [3.05, 3.63) is 24.0 Å². The van der Waals surface area contributed by atoms with Gasteiger partial charge in [0.1, 0.15) is 0 Å². The largest absolute Gasteiger partial charge is 0.481 e. The van der Waals surface area contributed by atoms with Crippen LogP contribution in [0.2, 0.25) is 0 Å². The van der Waals surface area contributed by atoms with Crippen LogP contribution in [0.15, 0.2) is 18.3 Å². The van der Waals surface area contributed by atoms with Crippen molar-refractivity contribution in [1.29, 1.82) is 0 Å². The molecule has 4 N–H and O–H groups in total. The summed E-state index contributed by atoms with van der Waals surface area (Å²) in [5.74, 6) is -3.69. The molecular weight excluding hydrogens is 300 g/mol. The Morgan fingerprint density at radius 2 is 2.00 bits per heavy atom. The highest BCUT2D eigenvalue weighted by molar-refractivity contribution is 6.03. The number of aryl methyl sites for hydroxylation is 1. The van der Waals surface area contributed by atoms with Crippen molar-refractivity contribution in [2.75, 3.05) is 5.32 Å². The number of aromatic nitrogens is 2. The van der Waals surface area contributed by atoms with E-state index in [1.807, 2.05) is 19.1 Å². The van der Waals surface area contributed by atoms with Gasteiger partial charge in [-0.3, -0.25) is 19.1 Å². The third kappa shape index (κ3) is 2.49. The molecule has 122 valence electrons. The lowest BCUT2D eigenvalue weighted by Gasteiger charge is -2.23. The molecule has 2 bridgehead atoms. The van der Waals surface area contributed by atoms with Crippen LogP contribution < -0.4 is 11.1 Å². The SMILES string of the molecule is CCn1cc(NC(=O)[C@H]2[C@H](C(=O)O)[C@H]3C=C[C@H]2C3)c(C(N)=O)n1. The molecule has 0 aliphatic heterocycles. The van der Waals surface area contributed by atoms with E-state index in [0.717, 1.165) is 0 Å². The first-order valence-electron chi connectivity index (χ1n) is 7.51. The second kappa shape index (κ2) is 5.53. The summed E-state index contributed by atoms with van der Waals surface area (Å²) in [5, 5.41) is 16.0. The summed E-state index contributed by atoms with van der Waals surface area (Å²) in [4.78, 5) is 35.5. The Morgan fingerprint density at radius 1 is 1.35 bits per heavy atom. The molecule has 0 saturated heterocycles. The summed E-state index contributed by atoms with van der Waals surface area (Å²) in [5.41, 5.74) is 5.48. The molecule has 1 aromatic heterocycles. The molecule has 0 radical (unpaired) electrons. The molecule has 8 heteroatoms. The lowest BCUT2D eigenvalue weighted by molar-refractivity contribution is -0.146. The number of nitrogens with two attached hydrogens (primary N) is 1. The van der Waals surface area contributed by atoms with Crippen molar-refractivity contribution in [2.24, 2.45) is 29.4 Å². The zero-order chi connectivity index (χ0) is 16.7. The number of amides is 2. The van der Waals surface area contributed by atoms with E-state index in [-0.39, 0.29) is 23.2 Å². The Hall–Kier alpha value is -2.64. The van der Waals surface area contributed by atoms with E-state index in [4.69, 9.17) is 5.73 Å². The molecule has 1 fully saturated rings. The minimum Gasteiger partial charge on any atom is -0.481 e. The third-order valence-electron chi connectivity index (χ3n) is 4.62. The summed E-state index contributed by atoms with van der Waals surface area (Å²) in [6.45, 7) is 2.36. The number of nitrogens with zero attached hydrogens (tertiary/aromatic N) is 2. The fraction of sp³-hybridized carbons (Fsp3) is 0.467. The molecule has 1 heterocycles. The van der Waals surface area contributed by atoms with Crippen LogP contribution in [0.25, 0.3) is 0 Å². The van der Waals surface area contributed by atoms with Crippen LogP contribution in [-0.2, 0) is 16.1 Å². The molecule has 0 aromatic carbocycles. The van der Waals surface area contributed by atoms with Gasteiger partial charge in [0.25, 0.3) is 5.91 Å². The molecule has 1 aromatic rings. The number of fused-ring (bicyclic) bond motifs is 2. The molecule has 2 amide bonds. The number of primary amides is 1. The third-order valence-corrected chi connectivity index (χ3v) is 4.62. The van der Waals surface area contributed by atoms with Crippen LogP contribution in [0.1, 0.15) is 23.8 Å². The van der Waals surface area contributed by atoms with E-state index in [0.29, 0.717) is 13.0 Å². The van der Waals surface area contributed by atoms with Gasteiger partial charge in [-0.1, -0.05) is 12.2 Å². The predicted molar refractivity (Wildman–Crippen MR) is 80.4 cm³/mol. The first-order valence-corrected chi connectivity index (χ1v) is 7.51. The number of allylic oxidation sites excluding steroid dienone is 2. The number of carbonyl (C=O) groups excluding carboxylic acids is 2. The van der Waals surface area contributed by atoms with Gasteiger partial charge in [-0.2, -0.15) is 5.10 Å². The summed E-state index contributed by atoms with van der Waals surface area (Å²) >= 11 is 0. The number of aliphatic carboxylic acids is 1. The number of rotatable bonds is 5. The molecule has 0 spiro atoms. The highest BCUT2D eigenvalue weighted by Gasteiger charge is 2.51. The maximum absolute atomic E-state index is 12.6. The number of nitrogens with one attached hydrogen (secondary N) is 1. The van der Waals surface area contributed by atoms with Gasteiger partial charge in [-0.25, -0.2) is 0 Å². The van der Waals surface area contributed by atoms with E-state index < -0.39 is 29.6 Å². The maximum Gasteiger partial charge on any atom is 0.307 e. The van der Waals surface area contributed by atoms with Crippen molar-refractivity contribution in [3.63, 3.8) is 0 Å². The van der Waals surface area contributed by atoms with E-state index in [1.54, 1.807) is 0 Å². The number of carboxylic acids is 1. The summed E-state index contributed by atoms with van der Waals surface area (Å²) in [6, 6.07) is 0. The van der Waals surface area contributed by atoms with Crippen LogP contribution in [0.5, 0.6) is 0 Å². The average molecular weight is 318 g/mol. The normalized spacial score (nSPS) is 28.0. The van der Waals surface area contributed by atoms with Crippen LogP contribution >= 0.6 is 0 Å². The van der Waals surface area contributed by atoms with Gasteiger partial charge in [0, 0.05) is 12.7 Å². The highest BCUT2D eigenvalue weighted by atomic mass is 16.4. The Bertz CT molecular complexity index is 708. The minimum absolute atomic E-state index is 0.0224. The van der Waals surface area contributed by atoms with E-state index >= 15 is 0 Å². The van der Waals surface area contributed by atoms with Crippen molar-refractivity contribution in [3.8, 4) is 0 Å². The molecular formula is C15H18N4O4. The first-order chi connectivity index (χ1) is 10.9. The number of hydrogen-bond acceptors (Lipinski definition) is 4. The van der Waals surface area contributed by atoms with E-state index in [9.17, 15) is 19.5 Å². The van der Waals surface area contributed by atoms with Crippen molar-refractivity contribution < 1.29 is 19.5 Å². The number of carboxylic acid groups (broad SMARTS) is 1. The number of anilines is 1. The van der Waals surface area contributed by atoms with Crippen molar-refractivity contribution in [2.45, 2.75) is 19.9 Å².